The molecule has 4 nitrogen and oxygen atoms in total. The van der Waals surface area contributed by atoms with E-state index in [1.54, 1.807) is 12.1 Å². The Bertz CT molecular complexity index is 666. The number of benzene rings is 2. The third-order valence-corrected chi connectivity index (χ3v) is 4.21. The molecule has 0 aliphatic rings. The van der Waals surface area contributed by atoms with E-state index in [4.69, 9.17) is 0 Å². The molecule has 2 aromatic rings. The van der Waals surface area contributed by atoms with Crippen LogP contribution in [0.25, 0.3) is 0 Å². The average molecular weight is 466 g/mol. The molecule has 1 amide bonds. The third-order valence-electron chi connectivity index (χ3n) is 2.50. The van der Waals surface area contributed by atoms with Gasteiger partial charge in [-0.05, 0) is 56.1 Å². The molecular weight excluding hydrogens is 458 g/mol. The second kappa shape index (κ2) is 6.15. The predicted molar refractivity (Wildman–Crippen MR) is 87.3 cm³/mol. The Labute approximate surface area is 140 Å². The quantitative estimate of drug-likeness (QED) is 0.566. The zero-order chi connectivity index (χ0) is 14.9. The van der Waals surface area contributed by atoms with Crippen LogP contribution in [0.15, 0.2) is 43.7 Å². The highest BCUT2D eigenvalue weighted by Crippen LogP contribution is 2.35. The number of phenols is 2. The maximum absolute atomic E-state index is 12.1. The molecule has 3 N–H and O–H groups in total. The van der Waals surface area contributed by atoms with E-state index in [0.29, 0.717) is 14.6 Å². The molecule has 7 heteroatoms. The lowest BCUT2D eigenvalue weighted by Gasteiger charge is -2.11. The van der Waals surface area contributed by atoms with E-state index in [0.717, 1.165) is 4.47 Å². The Balaban J connectivity index is 2.36. The van der Waals surface area contributed by atoms with E-state index in [9.17, 15) is 15.0 Å². The normalized spacial score (nSPS) is 10.3. The molecule has 0 aromatic heterocycles. The summed E-state index contributed by atoms with van der Waals surface area (Å²) in [7, 11) is 0. The molecule has 2 aromatic carbocycles. The monoisotopic (exact) mass is 463 g/mol. The number of carbonyl (C=O) groups excluding carboxylic acids is 1. The topological polar surface area (TPSA) is 69.6 Å². The van der Waals surface area contributed by atoms with Crippen molar-refractivity contribution in [2.45, 2.75) is 0 Å². The van der Waals surface area contributed by atoms with E-state index >= 15 is 0 Å². The number of carbonyl (C=O) groups is 1. The second-order valence-electron chi connectivity index (χ2n) is 3.87. The first-order valence-electron chi connectivity index (χ1n) is 5.37. The standard InChI is InChI=1S/C13H8Br3NO3/c14-6-4-8(15)11(9(16)5-6)17-13(20)7-2-1-3-10(18)12(7)19/h1-5,18-19H,(H,17,20). The van der Waals surface area contributed by atoms with Crippen LogP contribution in [-0.2, 0) is 0 Å². The van der Waals surface area contributed by atoms with Crippen molar-refractivity contribution in [1.29, 1.82) is 0 Å². The van der Waals surface area contributed by atoms with Crippen LogP contribution < -0.4 is 5.32 Å². The van der Waals surface area contributed by atoms with E-state index in [2.05, 4.69) is 53.1 Å². The van der Waals surface area contributed by atoms with Gasteiger partial charge in [-0.3, -0.25) is 4.79 Å². The van der Waals surface area contributed by atoms with Crippen molar-refractivity contribution in [3.63, 3.8) is 0 Å². The zero-order valence-corrected chi connectivity index (χ0v) is 14.6. The van der Waals surface area contributed by atoms with Crippen LogP contribution in [0.3, 0.4) is 0 Å². The fourth-order valence-electron chi connectivity index (χ4n) is 1.56. The summed E-state index contributed by atoms with van der Waals surface area (Å²) in [4.78, 5) is 12.1. The molecule has 0 unspecified atom stereocenters. The highest BCUT2D eigenvalue weighted by Gasteiger charge is 2.16. The smallest absolute Gasteiger partial charge is 0.259 e. The summed E-state index contributed by atoms with van der Waals surface area (Å²) in [5.41, 5.74) is 0.521. The molecule has 2 rings (SSSR count). The molecule has 0 saturated heterocycles. The largest absolute Gasteiger partial charge is 0.504 e. The minimum absolute atomic E-state index is 0.00767. The van der Waals surface area contributed by atoms with Crippen molar-refractivity contribution in [3.8, 4) is 11.5 Å². The van der Waals surface area contributed by atoms with Crippen LogP contribution in [0, 0.1) is 0 Å². The molecule has 0 atom stereocenters. The van der Waals surface area contributed by atoms with E-state index < -0.39 is 11.7 Å². The number of hydrogen-bond acceptors (Lipinski definition) is 3. The van der Waals surface area contributed by atoms with Gasteiger partial charge in [-0.25, -0.2) is 0 Å². The van der Waals surface area contributed by atoms with Gasteiger partial charge in [0.1, 0.15) is 0 Å². The van der Waals surface area contributed by atoms with Gasteiger partial charge >= 0.3 is 0 Å². The van der Waals surface area contributed by atoms with Gasteiger partial charge in [0, 0.05) is 13.4 Å². The van der Waals surface area contributed by atoms with Crippen LogP contribution in [0.2, 0.25) is 0 Å². The van der Waals surface area contributed by atoms with Gasteiger partial charge in [0.2, 0.25) is 0 Å². The van der Waals surface area contributed by atoms with Crippen molar-refractivity contribution < 1.29 is 15.0 Å². The summed E-state index contributed by atoms with van der Waals surface area (Å²) in [5, 5.41) is 21.8. The minimum atomic E-state index is -0.526. The van der Waals surface area contributed by atoms with Gasteiger partial charge in [0.15, 0.2) is 11.5 Å². The summed E-state index contributed by atoms with van der Waals surface area (Å²) in [5.74, 6) is -1.32. The molecule has 0 radical (unpaired) electrons. The van der Waals surface area contributed by atoms with Gasteiger partial charge in [-0.15, -0.1) is 0 Å². The van der Waals surface area contributed by atoms with Crippen molar-refractivity contribution in [2.75, 3.05) is 5.32 Å². The van der Waals surface area contributed by atoms with Gasteiger partial charge < -0.3 is 15.5 Å². The Morgan fingerprint density at radius 2 is 1.65 bits per heavy atom. The predicted octanol–water partition coefficient (Wildman–Crippen LogP) is 4.64. The number of rotatable bonds is 2. The fourth-order valence-corrected chi connectivity index (χ4v) is 4.01. The number of halogens is 3. The van der Waals surface area contributed by atoms with Crippen LogP contribution in [0.5, 0.6) is 11.5 Å². The first kappa shape index (κ1) is 15.3. The fraction of sp³-hybridized carbons (Fsp3) is 0. The van der Waals surface area contributed by atoms with Crippen LogP contribution >= 0.6 is 47.8 Å². The summed E-state index contributed by atoms with van der Waals surface area (Å²) >= 11 is 10.0. The maximum Gasteiger partial charge on any atom is 0.259 e. The van der Waals surface area contributed by atoms with Gasteiger partial charge in [-0.1, -0.05) is 22.0 Å². The molecule has 0 aliphatic carbocycles. The Kier molecular flexibility index (Phi) is 4.72. The second-order valence-corrected chi connectivity index (χ2v) is 6.50. The van der Waals surface area contributed by atoms with Crippen LogP contribution in [0.4, 0.5) is 5.69 Å². The lowest BCUT2D eigenvalue weighted by molar-refractivity contribution is 0.102. The first-order chi connectivity index (χ1) is 9.40. The molecule has 0 saturated carbocycles. The number of nitrogens with one attached hydrogen (secondary N) is 1. The van der Waals surface area contributed by atoms with Crippen LogP contribution in [0.1, 0.15) is 10.4 Å². The highest BCUT2D eigenvalue weighted by molar-refractivity contribution is 9.11. The summed E-state index contributed by atoms with van der Waals surface area (Å²) in [6, 6.07) is 7.77. The van der Waals surface area contributed by atoms with E-state index in [1.807, 2.05) is 0 Å². The van der Waals surface area contributed by atoms with Crippen LogP contribution in [-0.4, -0.2) is 16.1 Å². The molecule has 0 bridgehead atoms. The SMILES string of the molecule is O=C(Nc1c(Br)cc(Br)cc1Br)c1cccc(O)c1O. The van der Waals surface area contributed by atoms with Crippen molar-refractivity contribution >= 4 is 59.4 Å². The molecule has 0 spiro atoms. The number of phenolic OH excluding ortho intramolecular Hbond substituents is 2. The molecule has 0 aliphatic heterocycles. The van der Waals surface area contributed by atoms with Gasteiger partial charge in [0.05, 0.1) is 11.3 Å². The highest BCUT2D eigenvalue weighted by atomic mass is 79.9. The first-order valence-corrected chi connectivity index (χ1v) is 7.75. The Hall–Kier alpha value is -1.05. The van der Waals surface area contributed by atoms with E-state index in [1.165, 1.54) is 18.2 Å². The number of aromatic hydroxyl groups is 2. The summed E-state index contributed by atoms with van der Waals surface area (Å²) in [6.45, 7) is 0. The van der Waals surface area contributed by atoms with Crippen molar-refractivity contribution in [2.24, 2.45) is 0 Å². The van der Waals surface area contributed by atoms with E-state index in [-0.39, 0.29) is 11.3 Å². The third kappa shape index (κ3) is 3.16. The van der Waals surface area contributed by atoms with Crippen molar-refractivity contribution in [3.05, 3.63) is 49.3 Å². The summed E-state index contributed by atoms with van der Waals surface area (Å²) in [6.07, 6.45) is 0. The lowest BCUT2D eigenvalue weighted by atomic mass is 10.1. The number of para-hydroxylation sites is 1. The molecule has 0 fully saturated rings. The maximum atomic E-state index is 12.1. The lowest BCUT2D eigenvalue weighted by Crippen LogP contribution is -2.13. The number of hydrogen-bond donors (Lipinski definition) is 3. The molecule has 104 valence electrons. The number of amides is 1. The molecule has 20 heavy (non-hydrogen) atoms. The van der Waals surface area contributed by atoms with Crippen molar-refractivity contribution in [1.82, 2.24) is 0 Å². The van der Waals surface area contributed by atoms with Gasteiger partial charge in [0.25, 0.3) is 5.91 Å². The molecule has 0 heterocycles. The number of anilines is 1. The summed E-state index contributed by atoms with van der Waals surface area (Å²) < 4.78 is 2.19. The molecular formula is C13H8Br3NO3. The average Bonchev–Trinajstić information content (AvgIpc) is 2.36. The Morgan fingerprint density at radius 1 is 1.05 bits per heavy atom. The zero-order valence-electron chi connectivity index (χ0n) is 9.82. The van der Waals surface area contributed by atoms with Gasteiger partial charge in [-0.2, -0.15) is 0 Å². The Morgan fingerprint density at radius 3 is 2.25 bits per heavy atom. The minimum Gasteiger partial charge on any atom is -0.504 e.